The third-order valence-electron chi connectivity index (χ3n) is 4.24. The first-order chi connectivity index (χ1) is 14.9. The smallest absolute Gasteiger partial charge is 0.294 e. The molecule has 0 radical (unpaired) electrons. The van der Waals surface area contributed by atoms with Crippen LogP contribution in [-0.2, 0) is 9.59 Å². The second-order valence-electron chi connectivity index (χ2n) is 6.39. The fourth-order valence-corrected chi connectivity index (χ4v) is 4.80. The van der Waals surface area contributed by atoms with Crippen LogP contribution in [0.5, 0.6) is 0 Å². The third kappa shape index (κ3) is 4.99. The van der Waals surface area contributed by atoms with Crippen LogP contribution in [-0.4, -0.2) is 33.5 Å². The number of imide groups is 1. The van der Waals surface area contributed by atoms with Crippen molar-refractivity contribution >= 4 is 74.6 Å². The first-order valence-electron chi connectivity index (χ1n) is 8.92. The number of hydrogen-bond acceptors (Lipinski definition) is 6. The number of anilines is 1. The summed E-state index contributed by atoms with van der Waals surface area (Å²) in [6, 6.07) is 14.4. The van der Waals surface area contributed by atoms with E-state index in [0.29, 0.717) is 20.7 Å². The molecule has 3 amide bonds. The highest BCUT2D eigenvalue weighted by Gasteiger charge is 2.36. The van der Waals surface area contributed by atoms with E-state index >= 15 is 0 Å². The summed E-state index contributed by atoms with van der Waals surface area (Å²) in [7, 11) is 0. The standard InChI is InChI=1S/C21H13Cl2N3O3S2/c22-14-7-6-13(15(23)9-14)8-17-19(28)26(21(29)31-17)10-18(27)25-20-24-16(11-30-20)12-4-2-1-3-5-12/h1-9,11H,10H2,(H,24,25,27). The van der Waals surface area contributed by atoms with Gasteiger partial charge in [0.05, 0.1) is 10.6 Å². The maximum Gasteiger partial charge on any atom is 0.294 e. The highest BCUT2D eigenvalue weighted by molar-refractivity contribution is 8.18. The summed E-state index contributed by atoms with van der Waals surface area (Å²) in [5.74, 6) is -1.07. The fraction of sp³-hybridized carbons (Fsp3) is 0.0476. The summed E-state index contributed by atoms with van der Waals surface area (Å²) in [4.78, 5) is 42.8. The number of aromatic nitrogens is 1. The SMILES string of the molecule is O=C(CN1C(=O)SC(=Cc2ccc(Cl)cc2Cl)C1=O)Nc1nc(-c2ccccc2)cs1. The number of carbonyl (C=O) groups is 3. The predicted molar refractivity (Wildman–Crippen MR) is 125 cm³/mol. The van der Waals surface area contributed by atoms with Crippen LogP contribution in [0.15, 0.2) is 58.8 Å². The van der Waals surface area contributed by atoms with Gasteiger partial charge in [-0.1, -0.05) is 59.6 Å². The molecule has 0 saturated carbocycles. The Balaban J connectivity index is 1.43. The highest BCUT2D eigenvalue weighted by atomic mass is 35.5. The van der Waals surface area contributed by atoms with Crippen molar-refractivity contribution in [2.24, 2.45) is 0 Å². The van der Waals surface area contributed by atoms with Crippen molar-refractivity contribution < 1.29 is 14.4 Å². The number of carbonyl (C=O) groups excluding carboxylic acids is 3. The molecular weight excluding hydrogens is 477 g/mol. The third-order valence-corrected chi connectivity index (χ3v) is 6.47. The minimum atomic E-state index is -0.555. The van der Waals surface area contributed by atoms with Gasteiger partial charge in [0.2, 0.25) is 5.91 Å². The molecule has 3 aromatic rings. The minimum absolute atomic E-state index is 0.183. The van der Waals surface area contributed by atoms with E-state index in [1.165, 1.54) is 17.4 Å². The second kappa shape index (κ2) is 9.23. The first-order valence-corrected chi connectivity index (χ1v) is 11.4. The summed E-state index contributed by atoms with van der Waals surface area (Å²) in [6.45, 7) is -0.406. The van der Waals surface area contributed by atoms with Crippen molar-refractivity contribution in [2.75, 3.05) is 11.9 Å². The van der Waals surface area contributed by atoms with Gasteiger partial charge in [-0.15, -0.1) is 11.3 Å². The number of thioether (sulfide) groups is 1. The van der Waals surface area contributed by atoms with Crippen LogP contribution >= 0.6 is 46.3 Å². The molecule has 0 aliphatic carbocycles. The minimum Gasteiger partial charge on any atom is -0.300 e. The average Bonchev–Trinajstić information content (AvgIpc) is 3.31. The number of rotatable bonds is 5. The molecule has 2 heterocycles. The molecule has 10 heteroatoms. The highest BCUT2D eigenvalue weighted by Crippen LogP contribution is 2.34. The van der Waals surface area contributed by atoms with Gasteiger partial charge in [0, 0.05) is 21.0 Å². The van der Waals surface area contributed by atoms with Crippen molar-refractivity contribution in [2.45, 2.75) is 0 Å². The maximum atomic E-state index is 12.6. The largest absolute Gasteiger partial charge is 0.300 e. The van der Waals surface area contributed by atoms with Gasteiger partial charge in [-0.3, -0.25) is 19.3 Å². The Hall–Kier alpha value is -2.65. The maximum absolute atomic E-state index is 12.6. The molecule has 6 nitrogen and oxygen atoms in total. The number of nitrogens with zero attached hydrogens (tertiary/aromatic N) is 2. The zero-order valence-electron chi connectivity index (χ0n) is 15.7. The number of amides is 3. The van der Waals surface area contributed by atoms with Crippen LogP contribution in [0.3, 0.4) is 0 Å². The number of nitrogens with one attached hydrogen (secondary N) is 1. The van der Waals surface area contributed by atoms with E-state index in [9.17, 15) is 14.4 Å². The lowest BCUT2D eigenvalue weighted by molar-refractivity contribution is -0.127. The van der Waals surface area contributed by atoms with Crippen LogP contribution in [0.4, 0.5) is 9.93 Å². The van der Waals surface area contributed by atoms with Gasteiger partial charge < -0.3 is 5.32 Å². The van der Waals surface area contributed by atoms with Gasteiger partial charge in [0.1, 0.15) is 6.54 Å². The van der Waals surface area contributed by atoms with Crippen molar-refractivity contribution in [3.63, 3.8) is 0 Å². The summed E-state index contributed by atoms with van der Waals surface area (Å²) >= 11 is 14.0. The first kappa shape index (κ1) is 21.6. The van der Waals surface area contributed by atoms with Gasteiger partial charge in [-0.2, -0.15) is 0 Å². The fourth-order valence-electron chi connectivity index (χ4n) is 2.77. The van der Waals surface area contributed by atoms with Gasteiger partial charge in [0.15, 0.2) is 5.13 Å². The zero-order chi connectivity index (χ0) is 22.0. The van der Waals surface area contributed by atoms with Crippen molar-refractivity contribution in [3.8, 4) is 11.3 Å². The van der Waals surface area contributed by atoms with Gasteiger partial charge in [-0.25, -0.2) is 4.98 Å². The molecule has 4 rings (SSSR count). The number of hydrogen-bond donors (Lipinski definition) is 1. The molecular formula is C21H13Cl2N3O3S2. The lowest BCUT2D eigenvalue weighted by atomic mass is 10.2. The van der Waals surface area contributed by atoms with Gasteiger partial charge in [-0.05, 0) is 35.5 Å². The monoisotopic (exact) mass is 489 g/mol. The normalized spacial score (nSPS) is 15.0. The van der Waals surface area contributed by atoms with E-state index in [-0.39, 0.29) is 4.91 Å². The Morgan fingerprint density at radius 3 is 2.65 bits per heavy atom. The van der Waals surface area contributed by atoms with E-state index in [1.54, 1.807) is 18.2 Å². The molecule has 1 aromatic heterocycles. The molecule has 0 atom stereocenters. The Bertz CT molecular complexity index is 1210. The quantitative estimate of drug-likeness (QED) is 0.458. The second-order valence-corrected chi connectivity index (χ2v) is 9.08. The van der Waals surface area contributed by atoms with Crippen molar-refractivity contribution in [1.29, 1.82) is 0 Å². The van der Waals surface area contributed by atoms with Crippen LogP contribution in [0, 0.1) is 0 Å². The molecule has 0 spiro atoms. The molecule has 1 fully saturated rings. The van der Waals surface area contributed by atoms with Crippen LogP contribution in [0.1, 0.15) is 5.56 Å². The van der Waals surface area contributed by atoms with Crippen molar-refractivity contribution in [3.05, 3.63) is 74.4 Å². The lowest BCUT2D eigenvalue weighted by Crippen LogP contribution is -2.36. The molecule has 2 aromatic carbocycles. The van der Waals surface area contributed by atoms with Gasteiger partial charge >= 0.3 is 0 Å². The van der Waals surface area contributed by atoms with Crippen LogP contribution in [0.25, 0.3) is 17.3 Å². The molecule has 1 N–H and O–H groups in total. The van der Waals surface area contributed by atoms with E-state index in [2.05, 4.69) is 10.3 Å². The molecule has 31 heavy (non-hydrogen) atoms. The molecule has 156 valence electrons. The number of thiazole rings is 1. The Kier molecular flexibility index (Phi) is 6.43. The van der Waals surface area contributed by atoms with Gasteiger partial charge in [0.25, 0.3) is 11.1 Å². The van der Waals surface area contributed by atoms with Crippen LogP contribution in [0.2, 0.25) is 10.0 Å². The predicted octanol–water partition coefficient (Wildman–Crippen LogP) is 5.79. The average molecular weight is 490 g/mol. The Morgan fingerprint density at radius 2 is 1.90 bits per heavy atom. The molecule has 1 aliphatic heterocycles. The van der Waals surface area contributed by atoms with Crippen LogP contribution < -0.4 is 5.32 Å². The summed E-state index contributed by atoms with van der Waals surface area (Å²) < 4.78 is 0. The Morgan fingerprint density at radius 1 is 1.13 bits per heavy atom. The summed E-state index contributed by atoms with van der Waals surface area (Å²) in [6.07, 6.45) is 1.51. The number of halogens is 2. The summed E-state index contributed by atoms with van der Waals surface area (Å²) in [5, 5.41) is 5.14. The summed E-state index contributed by atoms with van der Waals surface area (Å²) in [5.41, 5.74) is 2.21. The molecule has 0 unspecified atom stereocenters. The zero-order valence-corrected chi connectivity index (χ0v) is 18.8. The Labute approximate surface area is 195 Å². The topological polar surface area (TPSA) is 79.4 Å². The van der Waals surface area contributed by atoms with E-state index in [0.717, 1.165) is 27.9 Å². The number of benzene rings is 2. The lowest BCUT2D eigenvalue weighted by Gasteiger charge is -2.11. The molecule has 1 aliphatic rings. The van der Waals surface area contributed by atoms with E-state index < -0.39 is 23.6 Å². The van der Waals surface area contributed by atoms with E-state index in [1.807, 2.05) is 35.7 Å². The molecule has 1 saturated heterocycles. The van der Waals surface area contributed by atoms with E-state index in [4.69, 9.17) is 23.2 Å². The van der Waals surface area contributed by atoms with Crippen molar-refractivity contribution in [1.82, 2.24) is 9.88 Å². The molecule has 0 bridgehead atoms.